The fraction of sp³-hybridized carbons (Fsp3) is 0.387. The van der Waals surface area contributed by atoms with Crippen molar-refractivity contribution < 1.29 is 33.5 Å². The second-order valence-corrected chi connectivity index (χ2v) is 10.6. The van der Waals surface area contributed by atoms with E-state index in [1.807, 2.05) is 6.92 Å². The molecule has 2 aromatic carbocycles. The standard InChI is InChI=1S/C31H37N7O7/c1-3-4-13-44-25(40)16-21(31(42)43-2)29(37-30(41)27-26(32)20-7-5-6-8-22(20)35-27)36-24(39)15-19-14-23(38-45-19)17-9-11-18(12-10-17)28(33)34/h5-12,19,21,26,29H,3-4,13-16,32H2,1-2H3,(H3,33,34)(H,36,39)(H,37,41)/t19?,21?,26?,29-/m1/s1. The van der Waals surface area contributed by atoms with E-state index in [9.17, 15) is 19.2 Å². The average Bonchev–Trinajstić information content (AvgIpc) is 3.63. The molecule has 0 radical (unpaired) electrons. The van der Waals surface area contributed by atoms with Gasteiger partial charge in [0.1, 0.15) is 29.7 Å². The summed E-state index contributed by atoms with van der Waals surface area (Å²) in [5.41, 5.74) is 14.9. The van der Waals surface area contributed by atoms with Gasteiger partial charge in [0, 0.05) is 17.5 Å². The largest absolute Gasteiger partial charge is 0.469 e. The number of rotatable bonds is 14. The van der Waals surface area contributed by atoms with Gasteiger partial charge in [-0.05, 0) is 18.1 Å². The molecule has 7 N–H and O–H groups in total. The van der Waals surface area contributed by atoms with Crippen LogP contribution in [0.1, 0.15) is 61.8 Å². The molecule has 0 aliphatic carbocycles. The smallest absolute Gasteiger partial charge is 0.313 e. The van der Waals surface area contributed by atoms with Gasteiger partial charge in [0.05, 0.1) is 44.0 Å². The minimum absolute atomic E-state index is 0.0162. The van der Waals surface area contributed by atoms with Gasteiger partial charge in [-0.2, -0.15) is 0 Å². The predicted octanol–water partition coefficient (Wildman–Crippen LogP) is 1.72. The van der Waals surface area contributed by atoms with E-state index in [1.54, 1.807) is 48.5 Å². The Balaban J connectivity index is 1.47. The molecule has 4 rings (SSSR count). The summed E-state index contributed by atoms with van der Waals surface area (Å²) in [6.07, 6.45) is -0.924. The van der Waals surface area contributed by atoms with Gasteiger partial charge in [0.15, 0.2) is 0 Å². The highest BCUT2D eigenvalue weighted by Gasteiger charge is 2.38. The first-order valence-electron chi connectivity index (χ1n) is 14.6. The summed E-state index contributed by atoms with van der Waals surface area (Å²) >= 11 is 0. The normalized spacial score (nSPS) is 17.9. The van der Waals surface area contributed by atoms with Crippen LogP contribution in [0.4, 0.5) is 5.69 Å². The van der Waals surface area contributed by atoms with Crippen molar-refractivity contribution in [3.8, 4) is 0 Å². The monoisotopic (exact) mass is 619 g/mol. The van der Waals surface area contributed by atoms with Crippen molar-refractivity contribution in [1.82, 2.24) is 10.6 Å². The fourth-order valence-corrected chi connectivity index (χ4v) is 4.89. The van der Waals surface area contributed by atoms with E-state index >= 15 is 0 Å². The molecule has 0 bridgehead atoms. The van der Waals surface area contributed by atoms with Crippen LogP contribution < -0.4 is 22.1 Å². The third-order valence-corrected chi connectivity index (χ3v) is 7.37. The van der Waals surface area contributed by atoms with E-state index in [-0.39, 0.29) is 24.6 Å². The number of methoxy groups -OCH3 is 1. The molecule has 2 aliphatic rings. The van der Waals surface area contributed by atoms with Gasteiger partial charge >= 0.3 is 11.9 Å². The van der Waals surface area contributed by atoms with Crippen LogP contribution in [0.25, 0.3) is 0 Å². The van der Waals surface area contributed by atoms with Gasteiger partial charge in [-0.15, -0.1) is 0 Å². The quantitative estimate of drug-likeness (QED) is 0.0682. The molecule has 14 heteroatoms. The topological polar surface area (TPSA) is 221 Å². The lowest BCUT2D eigenvalue weighted by Gasteiger charge is -2.27. The van der Waals surface area contributed by atoms with E-state index in [0.717, 1.165) is 19.1 Å². The number of nitrogens with zero attached hydrogens (tertiary/aromatic N) is 2. The molecule has 2 heterocycles. The predicted molar refractivity (Wildman–Crippen MR) is 165 cm³/mol. The Kier molecular flexibility index (Phi) is 11.0. The molecule has 0 fully saturated rings. The molecule has 0 spiro atoms. The number of esters is 2. The lowest BCUT2D eigenvalue weighted by Crippen LogP contribution is -2.57. The number of hydrogen-bond donors (Lipinski definition) is 5. The van der Waals surface area contributed by atoms with E-state index in [0.29, 0.717) is 35.4 Å². The minimum atomic E-state index is -1.38. The van der Waals surface area contributed by atoms with Gasteiger partial charge in [0.2, 0.25) is 5.91 Å². The van der Waals surface area contributed by atoms with Crippen LogP contribution in [-0.4, -0.2) is 67.0 Å². The average molecular weight is 620 g/mol. The maximum absolute atomic E-state index is 13.4. The van der Waals surface area contributed by atoms with Crippen molar-refractivity contribution in [2.45, 2.75) is 57.3 Å². The highest BCUT2D eigenvalue weighted by Crippen LogP contribution is 2.32. The van der Waals surface area contributed by atoms with Crippen molar-refractivity contribution in [3.05, 3.63) is 65.2 Å². The maximum atomic E-state index is 13.4. The molecule has 2 amide bonds. The van der Waals surface area contributed by atoms with Crippen molar-refractivity contribution in [3.63, 3.8) is 0 Å². The van der Waals surface area contributed by atoms with Gasteiger partial charge in [-0.25, -0.2) is 4.99 Å². The third kappa shape index (κ3) is 8.29. The Morgan fingerprint density at radius 1 is 1.11 bits per heavy atom. The number of amidine groups is 1. The summed E-state index contributed by atoms with van der Waals surface area (Å²) in [4.78, 5) is 62.1. The summed E-state index contributed by atoms with van der Waals surface area (Å²) in [6.45, 7) is 2.10. The molecule has 14 nitrogen and oxygen atoms in total. The Morgan fingerprint density at radius 2 is 1.84 bits per heavy atom. The van der Waals surface area contributed by atoms with Crippen LogP contribution >= 0.6 is 0 Å². The molecule has 2 aromatic rings. The lowest BCUT2D eigenvalue weighted by atomic mass is 9.99. The molecule has 3 unspecified atom stereocenters. The second kappa shape index (κ2) is 15.1. The summed E-state index contributed by atoms with van der Waals surface area (Å²) in [5.74, 6) is -4.23. The Bertz CT molecular complexity index is 1510. The van der Waals surface area contributed by atoms with Gasteiger partial charge in [-0.1, -0.05) is 61.0 Å². The number of para-hydroxylation sites is 1. The zero-order chi connectivity index (χ0) is 32.5. The first-order chi connectivity index (χ1) is 21.6. The number of amides is 2. The molecular weight excluding hydrogens is 582 g/mol. The van der Waals surface area contributed by atoms with Gasteiger partial charge in [-0.3, -0.25) is 24.6 Å². The van der Waals surface area contributed by atoms with E-state index < -0.39 is 54.4 Å². The summed E-state index contributed by atoms with van der Waals surface area (Å²) < 4.78 is 10.2. The Labute approximate surface area is 260 Å². The summed E-state index contributed by atoms with van der Waals surface area (Å²) in [5, 5.41) is 16.9. The molecule has 0 aromatic heterocycles. The van der Waals surface area contributed by atoms with Crippen LogP contribution in [0, 0.1) is 11.3 Å². The Morgan fingerprint density at radius 3 is 2.51 bits per heavy atom. The van der Waals surface area contributed by atoms with Crippen LogP contribution in [-0.2, 0) is 33.5 Å². The number of hydrogen-bond acceptors (Lipinski definition) is 11. The maximum Gasteiger partial charge on any atom is 0.313 e. The number of fused-ring (bicyclic) bond motifs is 1. The van der Waals surface area contributed by atoms with Gasteiger partial charge in [0.25, 0.3) is 5.91 Å². The van der Waals surface area contributed by atoms with Crippen molar-refractivity contribution in [1.29, 1.82) is 5.41 Å². The molecule has 4 atom stereocenters. The number of unbranched alkanes of at least 4 members (excludes halogenated alkanes) is 1. The Hall–Kier alpha value is -5.11. The highest BCUT2D eigenvalue weighted by atomic mass is 16.6. The van der Waals surface area contributed by atoms with Crippen LogP contribution in [0.3, 0.4) is 0 Å². The number of carbonyl (C=O) groups is 4. The second-order valence-electron chi connectivity index (χ2n) is 10.6. The summed E-state index contributed by atoms with van der Waals surface area (Å²) in [6, 6.07) is 13.1. The number of ether oxygens (including phenoxy) is 2. The van der Waals surface area contributed by atoms with Crippen LogP contribution in [0.2, 0.25) is 0 Å². The number of carbonyl (C=O) groups excluding carboxylic acids is 4. The lowest BCUT2D eigenvalue weighted by molar-refractivity contribution is -0.155. The number of nitrogens with one attached hydrogen (secondary N) is 3. The number of oxime groups is 1. The highest BCUT2D eigenvalue weighted by molar-refractivity contribution is 6.42. The van der Waals surface area contributed by atoms with Gasteiger partial charge < -0.3 is 36.4 Å². The first kappa shape index (κ1) is 32.8. The van der Waals surface area contributed by atoms with Crippen molar-refractivity contribution in [2.75, 3.05) is 13.7 Å². The summed E-state index contributed by atoms with van der Waals surface area (Å²) in [7, 11) is 1.14. The number of benzene rings is 2. The van der Waals surface area contributed by atoms with E-state index in [4.69, 9.17) is 31.2 Å². The van der Waals surface area contributed by atoms with E-state index in [1.165, 1.54) is 0 Å². The van der Waals surface area contributed by atoms with Crippen LogP contribution in [0.5, 0.6) is 0 Å². The van der Waals surface area contributed by atoms with Crippen LogP contribution in [0.15, 0.2) is 58.7 Å². The molecule has 0 saturated heterocycles. The molecule has 238 valence electrons. The molecular formula is C31H37N7O7. The third-order valence-electron chi connectivity index (χ3n) is 7.37. The first-order valence-corrected chi connectivity index (χ1v) is 14.6. The minimum Gasteiger partial charge on any atom is -0.469 e. The zero-order valence-electron chi connectivity index (χ0n) is 25.1. The number of nitrogens with two attached hydrogens (primary N) is 2. The fourth-order valence-electron chi connectivity index (χ4n) is 4.89. The zero-order valence-corrected chi connectivity index (χ0v) is 25.1. The SMILES string of the molecule is CCCCOC(=O)CC(C(=O)OC)[C@H](NC(=O)CC1CC(c2ccc(C(=N)N)cc2)=NO1)NC(=O)C1=Nc2ccccc2C1N. The molecule has 2 aliphatic heterocycles. The molecule has 0 saturated carbocycles. The number of aliphatic imine (C=N–C) groups is 1. The van der Waals surface area contributed by atoms with E-state index in [2.05, 4.69) is 20.8 Å². The van der Waals surface area contributed by atoms with Crippen molar-refractivity contribution in [2.24, 2.45) is 27.5 Å². The molecule has 45 heavy (non-hydrogen) atoms. The number of nitrogen functional groups attached to an aromatic ring is 1. The van der Waals surface area contributed by atoms with Crippen molar-refractivity contribution >= 4 is 46.7 Å².